The fourth-order valence-electron chi connectivity index (χ4n) is 1.43. The molecule has 1 rings (SSSR count). The van der Waals surface area contributed by atoms with Crippen LogP contribution < -0.4 is 5.32 Å². The zero-order chi connectivity index (χ0) is 15.1. The van der Waals surface area contributed by atoms with E-state index in [0.29, 0.717) is 11.1 Å². The minimum absolute atomic E-state index is 0.00449. The van der Waals surface area contributed by atoms with E-state index in [1.165, 1.54) is 18.0 Å². The first-order valence-electron chi connectivity index (χ1n) is 5.89. The number of hydrogen-bond donors (Lipinski definition) is 2. The van der Waals surface area contributed by atoms with Crippen LogP contribution in [0.5, 0.6) is 0 Å². The predicted molar refractivity (Wildman–Crippen MR) is 73.2 cm³/mol. The van der Waals surface area contributed by atoms with Gasteiger partial charge >= 0.3 is 5.97 Å². The van der Waals surface area contributed by atoms with E-state index >= 15 is 0 Å². The smallest absolute Gasteiger partial charge is 0.303 e. The van der Waals surface area contributed by atoms with Crippen LogP contribution in [-0.4, -0.2) is 47.9 Å². The molecule has 0 aliphatic rings. The monoisotopic (exact) mass is 346 g/mol. The number of halogens is 1. The zero-order valence-corrected chi connectivity index (χ0v) is 12.5. The highest BCUT2D eigenvalue weighted by molar-refractivity contribution is 9.10. The molecule has 110 valence electrons. The molecule has 0 unspecified atom stereocenters. The summed E-state index contributed by atoms with van der Waals surface area (Å²) in [6, 6.07) is 3.10. The minimum atomic E-state index is -0.907. The van der Waals surface area contributed by atoms with Crippen LogP contribution in [-0.2, 0) is 9.59 Å². The first kappa shape index (κ1) is 16.2. The number of hydrogen-bond acceptors (Lipinski definition) is 4. The maximum absolute atomic E-state index is 11.9. The molecule has 20 heavy (non-hydrogen) atoms. The summed E-state index contributed by atoms with van der Waals surface area (Å²) >= 11 is 3.09. The number of nitrogens with one attached hydrogen (secondary N) is 1. The molecule has 0 aliphatic carbocycles. The number of furan rings is 1. The molecule has 1 aromatic heterocycles. The Morgan fingerprint density at radius 1 is 1.40 bits per heavy atom. The maximum Gasteiger partial charge on any atom is 0.303 e. The van der Waals surface area contributed by atoms with Crippen molar-refractivity contribution in [3.05, 3.63) is 22.6 Å². The lowest BCUT2D eigenvalue weighted by Crippen LogP contribution is -2.38. The number of rotatable bonds is 7. The van der Waals surface area contributed by atoms with Gasteiger partial charge in [-0.05, 0) is 34.5 Å². The zero-order valence-electron chi connectivity index (χ0n) is 10.9. The van der Waals surface area contributed by atoms with Gasteiger partial charge in [-0.15, -0.1) is 0 Å². The summed E-state index contributed by atoms with van der Waals surface area (Å²) in [7, 11) is 1.48. The highest BCUT2D eigenvalue weighted by Crippen LogP contribution is 2.15. The fraction of sp³-hybridized carbons (Fsp3) is 0.417. The van der Waals surface area contributed by atoms with E-state index < -0.39 is 11.9 Å². The lowest BCUT2D eigenvalue weighted by Gasteiger charge is -2.15. The fourth-order valence-corrected chi connectivity index (χ4v) is 1.73. The molecule has 2 N–H and O–H groups in total. The number of nitrogens with zero attached hydrogens (tertiary/aromatic N) is 1. The van der Waals surface area contributed by atoms with E-state index in [-0.39, 0.29) is 31.2 Å². The number of aliphatic carboxylic acids is 1. The number of amides is 2. The van der Waals surface area contributed by atoms with Gasteiger partial charge in [0.2, 0.25) is 5.91 Å². The number of likely N-dealkylation sites (N-methyl/N-ethyl adjacent to an activating group) is 1. The van der Waals surface area contributed by atoms with Crippen molar-refractivity contribution < 1.29 is 23.9 Å². The van der Waals surface area contributed by atoms with Gasteiger partial charge in [0.15, 0.2) is 10.4 Å². The summed E-state index contributed by atoms with van der Waals surface area (Å²) in [6.45, 7) is 0.143. The largest absolute Gasteiger partial charge is 0.481 e. The average Bonchev–Trinajstić information content (AvgIpc) is 2.80. The highest BCUT2D eigenvalue weighted by Gasteiger charge is 2.17. The second kappa shape index (κ2) is 7.68. The van der Waals surface area contributed by atoms with Crippen molar-refractivity contribution in [2.45, 2.75) is 12.8 Å². The van der Waals surface area contributed by atoms with Gasteiger partial charge in [0, 0.05) is 20.0 Å². The Morgan fingerprint density at radius 3 is 2.65 bits per heavy atom. The summed E-state index contributed by atoms with van der Waals surface area (Å²) in [5, 5.41) is 11.0. The van der Waals surface area contributed by atoms with Gasteiger partial charge in [0.25, 0.3) is 5.91 Å². The highest BCUT2D eigenvalue weighted by atomic mass is 79.9. The average molecular weight is 347 g/mol. The van der Waals surface area contributed by atoms with Gasteiger partial charge in [0.1, 0.15) is 0 Å². The molecule has 0 saturated heterocycles. The Morgan fingerprint density at radius 2 is 2.10 bits per heavy atom. The van der Waals surface area contributed by atoms with Gasteiger partial charge in [-0.3, -0.25) is 14.4 Å². The van der Waals surface area contributed by atoms with Gasteiger partial charge < -0.3 is 19.7 Å². The quantitative estimate of drug-likeness (QED) is 0.720. The third kappa shape index (κ3) is 5.43. The van der Waals surface area contributed by atoms with E-state index in [0.717, 1.165) is 0 Å². The van der Waals surface area contributed by atoms with E-state index in [1.54, 1.807) is 6.07 Å². The third-order valence-corrected chi connectivity index (χ3v) is 2.83. The second-order valence-electron chi connectivity index (χ2n) is 4.11. The van der Waals surface area contributed by atoms with Crippen LogP contribution in [0.25, 0.3) is 0 Å². The Hall–Kier alpha value is -1.83. The maximum atomic E-state index is 11.9. The molecule has 2 amide bonds. The second-order valence-corrected chi connectivity index (χ2v) is 4.89. The molecule has 1 heterocycles. The van der Waals surface area contributed by atoms with Crippen LogP contribution in [0.3, 0.4) is 0 Å². The molecule has 7 nitrogen and oxygen atoms in total. The van der Waals surface area contributed by atoms with E-state index in [4.69, 9.17) is 9.52 Å². The Labute approximate surface area is 124 Å². The molecule has 0 bridgehead atoms. The van der Waals surface area contributed by atoms with E-state index in [9.17, 15) is 14.4 Å². The number of carboxylic acid groups (broad SMARTS) is 1. The molecule has 0 spiro atoms. The van der Waals surface area contributed by atoms with Crippen molar-refractivity contribution >= 4 is 33.7 Å². The lowest BCUT2D eigenvalue weighted by molar-refractivity contribution is -0.137. The number of carbonyl (C=O) groups is 3. The van der Waals surface area contributed by atoms with Gasteiger partial charge in [-0.2, -0.15) is 0 Å². The van der Waals surface area contributed by atoms with Gasteiger partial charge in [-0.1, -0.05) is 0 Å². The van der Waals surface area contributed by atoms with Crippen LogP contribution >= 0.6 is 15.9 Å². The Bertz CT molecular complexity index is 500. The van der Waals surface area contributed by atoms with Crippen molar-refractivity contribution in [3.63, 3.8) is 0 Å². The lowest BCUT2D eigenvalue weighted by atomic mass is 10.3. The summed E-state index contributed by atoms with van der Waals surface area (Å²) in [5.41, 5.74) is 0. The van der Waals surface area contributed by atoms with Gasteiger partial charge in [0.05, 0.1) is 6.54 Å². The predicted octanol–water partition coefficient (Wildman–Crippen LogP) is 1.10. The number of carboxylic acids is 1. The Balaban J connectivity index is 2.34. The Kier molecular flexibility index (Phi) is 6.23. The molecular weight excluding hydrogens is 332 g/mol. The van der Waals surface area contributed by atoms with E-state index in [1.807, 2.05) is 0 Å². The van der Waals surface area contributed by atoms with Crippen LogP contribution in [0.2, 0.25) is 0 Å². The van der Waals surface area contributed by atoms with Crippen molar-refractivity contribution in [1.82, 2.24) is 10.2 Å². The summed E-state index contributed by atoms with van der Waals surface area (Å²) in [5.74, 6) is -1.53. The molecule has 0 aliphatic heterocycles. The standard InChI is InChI=1S/C12H15BrN2O5/c1-15(12(19)8-4-5-9(13)20-8)7-10(16)14-6-2-3-11(17)18/h4-5H,2-3,6-7H2,1H3,(H,14,16)(H,17,18). The van der Waals surface area contributed by atoms with Crippen LogP contribution in [0.1, 0.15) is 23.4 Å². The molecule has 0 fully saturated rings. The topological polar surface area (TPSA) is 99.9 Å². The van der Waals surface area contributed by atoms with Crippen LogP contribution in [0.4, 0.5) is 0 Å². The van der Waals surface area contributed by atoms with Gasteiger partial charge in [-0.25, -0.2) is 0 Å². The molecular formula is C12H15BrN2O5. The molecule has 0 saturated carbocycles. The van der Waals surface area contributed by atoms with Crippen LogP contribution in [0.15, 0.2) is 21.2 Å². The number of carbonyl (C=O) groups excluding carboxylic acids is 2. The SMILES string of the molecule is CN(CC(=O)NCCCC(=O)O)C(=O)c1ccc(Br)o1. The molecule has 0 aromatic carbocycles. The molecule has 0 atom stereocenters. The first-order chi connectivity index (χ1) is 9.40. The van der Waals surface area contributed by atoms with Crippen molar-refractivity contribution in [2.75, 3.05) is 20.1 Å². The first-order valence-corrected chi connectivity index (χ1v) is 6.68. The minimum Gasteiger partial charge on any atom is -0.481 e. The van der Waals surface area contributed by atoms with Crippen molar-refractivity contribution in [2.24, 2.45) is 0 Å². The summed E-state index contributed by atoms with van der Waals surface area (Å²) in [4.78, 5) is 34.9. The summed E-state index contributed by atoms with van der Waals surface area (Å²) in [6.07, 6.45) is 0.347. The van der Waals surface area contributed by atoms with E-state index in [2.05, 4.69) is 21.2 Å². The molecule has 1 aromatic rings. The third-order valence-electron chi connectivity index (χ3n) is 2.40. The van der Waals surface area contributed by atoms with Crippen molar-refractivity contribution in [3.8, 4) is 0 Å². The molecule has 8 heteroatoms. The van der Waals surface area contributed by atoms with Crippen LogP contribution in [0, 0.1) is 0 Å². The van der Waals surface area contributed by atoms with Crippen molar-refractivity contribution in [1.29, 1.82) is 0 Å². The molecule has 0 radical (unpaired) electrons. The normalized spacial score (nSPS) is 10.1. The summed E-state index contributed by atoms with van der Waals surface area (Å²) < 4.78 is 5.54.